The summed E-state index contributed by atoms with van der Waals surface area (Å²) in [4.78, 5) is 4.54. The fraction of sp³-hybridized carbons (Fsp3) is 0.0385. The number of rotatable bonds is 6. The zero-order chi connectivity index (χ0) is 20.2. The van der Waals surface area contributed by atoms with Crippen LogP contribution in [-0.4, -0.2) is 4.98 Å². The Kier molecular flexibility index (Phi) is 4.88. The molecule has 0 radical (unpaired) electrons. The van der Waals surface area contributed by atoms with Crippen LogP contribution in [0.2, 0.25) is 0 Å². The molecule has 0 amide bonds. The van der Waals surface area contributed by atoms with Crippen molar-refractivity contribution in [2.75, 3.05) is 5.32 Å². The van der Waals surface area contributed by atoms with Gasteiger partial charge in [-0.3, -0.25) is 0 Å². The maximum atomic E-state index is 6.03. The van der Waals surface area contributed by atoms with E-state index in [1.165, 1.54) is 0 Å². The second kappa shape index (κ2) is 8.13. The molecule has 0 atom stereocenters. The summed E-state index contributed by atoms with van der Waals surface area (Å²) in [5.41, 5.74) is 2.89. The van der Waals surface area contributed by atoms with Crippen molar-refractivity contribution in [2.45, 2.75) is 6.54 Å². The van der Waals surface area contributed by atoms with Gasteiger partial charge in [0, 0.05) is 29.3 Å². The molecule has 0 saturated heterocycles. The molecular formula is C26H20N2O2. The number of aromatic nitrogens is 1. The summed E-state index contributed by atoms with van der Waals surface area (Å²) in [6.45, 7) is 0.611. The fourth-order valence-electron chi connectivity index (χ4n) is 3.32. The molecule has 2 heterocycles. The standard InChI is InChI=1S/C26H20N2O2/c1-2-10-22(11-3-1)29-24-13-7-5-9-20(24)17-27-26-15-14-21(18-28-26)25-16-19-8-4-6-12-23(19)30-25/h1-16,18H,17H2,(H,27,28). The van der Waals surface area contributed by atoms with Crippen molar-refractivity contribution in [3.8, 4) is 22.8 Å². The van der Waals surface area contributed by atoms with Crippen LogP contribution in [0.15, 0.2) is 108 Å². The van der Waals surface area contributed by atoms with Gasteiger partial charge in [-0.05, 0) is 42.5 Å². The second-order valence-electron chi connectivity index (χ2n) is 6.96. The molecule has 0 aliphatic heterocycles. The smallest absolute Gasteiger partial charge is 0.136 e. The van der Waals surface area contributed by atoms with E-state index in [1.807, 2.05) is 103 Å². The maximum absolute atomic E-state index is 6.03. The minimum Gasteiger partial charge on any atom is -0.457 e. The maximum Gasteiger partial charge on any atom is 0.136 e. The molecule has 4 nitrogen and oxygen atoms in total. The first kappa shape index (κ1) is 18.0. The molecule has 146 valence electrons. The average molecular weight is 392 g/mol. The summed E-state index contributed by atoms with van der Waals surface area (Å²) in [5, 5.41) is 4.46. The number of hydrogen-bond acceptors (Lipinski definition) is 4. The van der Waals surface area contributed by atoms with E-state index >= 15 is 0 Å². The van der Waals surface area contributed by atoms with Gasteiger partial charge in [-0.1, -0.05) is 54.6 Å². The van der Waals surface area contributed by atoms with Crippen molar-refractivity contribution in [3.63, 3.8) is 0 Å². The van der Waals surface area contributed by atoms with Crippen molar-refractivity contribution >= 4 is 16.8 Å². The van der Waals surface area contributed by atoms with Crippen molar-refractivity contribution < 1.29 is 9.15 Å². The molecule has 3 aromatic carbocycles. The lowest BCUT2D eigenvalue weighted by atomic mass is 10.2. The van der Waals surface area contributed by atoms with E-state index in [0.717, 1.165) is 45.2 Å². The largest absolute Gasteiger partial charge is 0.457 e. The molecular weight excluding hydrogens is 372 g/mol. The van der Waals surface area contributed by atoms with Gasteiger partial charge in [0.25, 0.3) is 0 Å². The van der Waals surface area contributed by atoms with E-state index in [2.05, 4.69) is 10.3 Å². The Morgan fingerprint density at radius 3 is 2.43 bits per heavy atom. The molecule has 5 rings (SSSR count). The zero-order valence-corrected chi connectivity index (χ0v) is 16.3. The molecule has 0 saturated carbocycles. The van der Waals surface area contributed by atoms with Crippen LogP contribution >= 0.6 is 0 Å². The molecule has 0 spiro atoms. The normalized spacial score (nSPS) is 10.8. The Hall–Kier alpha value is -4.05. The minimum absolute atomic E-state index is 0.611. The highest BCUT2D eigenvalue weighted by molar-refractivity contribution is 5.82. The van der Waals surface area contributed by atoms with Crippen molar-refractivity contribution in [1.29, 1.82) is 0 Å². The number of hydrogen-bond donors (Lipinski definition) is 1. The van der Waals surface area contributed by atoms with Gasteiger partial charge in [0.2, 0.25) is 0 Å². The molecule has 5 aromatic rings. The van der Waals surface area contributed by atoms with Crippen LogP contribution < -0.4 is 10.1 Å². The summed E-state index contributed by atoms with van der Waals surface area (Å²) in [7, 11) is 0. The Morgan fingerprint density at radius 2 is 1.60 bits per heavy atom. The van der Waals surface area contributed by atoms with Gasteiger partial charge in [0.1, 0.15) is 28.7 Å². The Labute approximate surface area is 174 Å². The first-order chi connectivity index (χ1) is 14.8. The number of pyridine rings is 1. The van der Waals surface area contributed by atoms with E-state index in [9.17, 15) is 0 Å². The van der Waals surface area contributed by atoms with Crippen LogP contribution in [0.5, 0.6) is 11.5 Å². The van der Waals surface area contributed by atoms with Crippen molar-refractivity contribution in [1.82, 2.24) is 4.98 Å². The van der Waals surface area contributed by atoms with Crippen LogP contribution in [0.4, 0.5) is 5.82 Å². The lowest BCUT2D eigenvalue weighted by Gasteiger charge is -2.12. The van der Waals surface area contributed by atoms with Crippen molar-refractivity contribution in [3.05, 3.63) is 109 Å². The first-order valence-electron chi connectivity index (χ1n) is 9.85. The topological polar surface area (TPSA) is 47.3 Å². The summed E-state index contributed by atoms with van der Waals surface area (Å²) in [6.07, 6.45) is 1.83. The van der Waals surface area contributed by atoms with Gasteiger partial charge in [-0.15, -0.1) is 0 Å². The Morgan fingerprint density at radius 1 is 0.800 bits per heavy atom. The molecule has 4 heteroatoms. The highest BCUT2D eigenvalue weighted by Crippen LogP contribution is 2.28. The van der Waals surface area contributed by atoms with Gasteiger partial charge in [-0.2, -0.15) is 0 Å². The highest BCUT2D eigenvalue weighted by atomic mass is 16.5. The van der Waals surface area contributed by atoms with Crippen LogP contribution in [0.3, 0.4) is 0 Å². The lowest BCUT2D eigenvalue weighted by molar-refractivity contribution is 0.477. The third kappa shape index (κ3) is 3.89. The zero-order valence-electron chi connectivity index (χ0n) is 16.3. The van der Waals surface area contributed by atoms with Gasteiger partial charge in [-0.25, -0.2) is 4.98 Å². The number of nitrogens with one attached hydrogen (secondary N) is 1. The quantitative estimate of drug-likeness (QED) is 0.341. The van der Waals surface area contributed by atoms with Gasteiger partial charge in [0.15, 0.2) is 0 Å². The second-order valence-corrected chi connectivity index (χ2v) is 6.96. The highest BCUT2D eigenvalue weighted by Gasteiger charge is 2.08. The van der Waals surface area contributed by atoms with Crippen LogP contribution in [-0.2, 0) is 6.54 Å². The molecule has 0 bridgehead atoms. The predicted molar refractivity (Wildman–Crippen MR) is 120 cm³/mol. The number of nitrogens with zero attached hydrogens (tertiary/aromatic N) is 1. The monoisotopic (exact) mass is 392 g/mol. The Bertz CT molecular complexity index is 1230. The molecule has 0 aliphatic carbocycles. The number of anilines is 1. The number of fused-ring (bicyclic) bond motifs is 1. The van der Waals surface area contributed by atoms with E-state index in [-0.39, 0.29) is 0 Å². The molecule has 0 unspecified atom stereocenters. The number of para-hydroxylation sites is 3. The molecule has 1 N–H and O–H groups in total. The van der Waals surface area contributed by atoms with E-state index in [4.69, 9.17) is 9.15 Å². The number of ether oxygens (including phenoxy) is 1. The molecule has 2 aromatic heterocycles. The van der Waals surface area contributed by atoms with E-state index in [1.54, 1.807) is 0 Å². The van der Waals surface area contributed by atoms with Crippen molar-refractivity contribution in [2.24, 2.45) is 0 Å². The summed E-state index contributed by atoms with van der Waals surface area (Å²) < 4.78 is 11.9. The van der Waals surface area contributed by atoms with Crippen LogP contribution in [0.25, 0.3) is 22.3 Å². The van der Waals surface area contributed by atoms with Gasteiger partial charge < -0.3 is 14.5 Å². The molecule has 0 fully saturated rings. The lowest BCUT2D eigenvalue weighted by Crippen LogP contribution is -2.02. The SMILES string of the molecule is c1ccc(Oc2ccccc2CNc2ccc(-c3cc4ccccc4o3)cn2)cc1. The fourth-order valence-corrected chi connectivity index (χ4v) is 3.32. The third-order valence-corrected chi connectivity index (χ3v) is 4.88. The number of furan rings is 1. The number of benzene rings is 3. The Balaban J connectivity index is 1.29. The van der Waals surface area contributed by atoms with E-state index < -0.39 is 0 Å². The van der Waals surface area contributed by atoms with Crippen LogP contribution in [0.1, 0.15) is 5.56 Å². The van der Waals surface area contributed by atoms with E-state index in [0.29, 0.717) is 6.54 Å². The summed E-state index contributed by atoms with van der Waals surface area (Å²) in [6, 6.07) is 31.8. The van der Waals surface area contributed by atoms with Crippen LogP contribution in [0, 0.1) is 0 Å². The predicted octanol–water partition coefficient (Wildman–Crippen LogP) is 6.90. The third-order valence-electron chi connectivity index (χ3n) is 4.88. The summed E-state index contributed by atoms with van der Waals surface area (Å²) in [5.74, 6) is 3.26. The van der Waals surface area contributed by atoms with Gasteiger partial charge in [0.05, 0.1) is 0 Å². The molecule has 0 aliphatic rings. The molecule has 30 heavy (non-hydrogen) atoms. The minimum atomic E-state index is 0.611. The average Bonchev–Trinajstić information content (AvgIpc) is 3.24. The van der Waals surface area contributed by atoms with Gasteiger partial charge >= 0.3 is 0 Å². The summed E-state index contributed by atoms with van der Waals surface area (Å²) >= 11 is 0. The first-order valence-corrected chi connectivity index (χ1v) is 9.85.